The molecule has 0 aliphatic heterocycles. The number of aromatic nitrogens is 1. The predicted molar refractivity (Wildman–Crippen MR) is 118 cm³/mol. The Hall–Kier alpha value is -0.870. The Kier molecular flexibility index (Phi) is 8.99. The predicted octanol–water partition coefficient (Wildman–Crippen LogP) is 4.02. The van der Waals surface area contributed by atoms with E-state index in [1.165, 1.54) is 5.56 Å². The zero-order valence-corrected chi connectivity index (χ0v) is 18.9. The molecule has 2 rings (SSSR count). The molecule has 2 aromatic rings. The highest BCUT2D eigenvalue weighted by Crippen LogP contribution is 2.22. The van der Waals surface area contributed by atoms with E-state index in [1.54, 1.807) is 18.4 Å². The minimum atomic E-state index is 0. The number of anilines is 1. The Balaban J connectivity index is 0.00000288. The number of aliphatic imine (C=N–C) groups is 1. The van der Waals surface area contributed by atoms with Gasteiger partial charge in [-0.05, 0) is 18.6 Å². The summed E-state index contributed by atoms with van der Waals surface area (Å²) in [5, 5.41) is 9.77. The highest BCUT2D eigenvalue weighted by atomic mass is 127. The highest BCUT2D eigenvalue weighted by Gasteiger charge is 2.11. The van der Waals surface area contributed by atoms with Gasteiger partial charge in [0.25, 0.3) is 0 Å². The lowest BCUT2D eigenvalue weighted by Gasteiger charge is -2.19. The summed E-state index contributed by atoms with van der Waals surface area (Å²) >= 11 is 5.23. The van der Waals surface area contributed by atoms with Gasteiger partial charge in [-0.1, -0.05) is 34.1 Å². The van der Waals surface area contributed by atoms with Crippen LogP contribution in [-0.4, -0.2) is 32.1 Å². The Bertz CT molecular complexity index is 674. The zero-order chi connectivity index (χ0) is 16.8. The second-order valence-electron chi connectivity index (χ2n) is 5.33. The van der Waals surface area contributed by atoms with Crippen molar-refractivity contribution >= 4 is 62.3 Å². The van der Waals surface area contributed by atoms with Gasteiger partial charge in [-0.25, -0.2) is 4.98 Å². The molecule has 0 amide bonds. The van der Waals surface area contributed by atoms with Crippen LogP contribution >= 0.6 is 51.2 Å². The number of rotatable bonds is 5. The molecule has 0 aliphatic rings. The van der Waals surface area contributed by atoms with Crippen LogP contribution in [0.2, 0.25) is 0 Å². The lowest BCUT2D eigenvalue weighted by molar-refractivity contribution is 0.681. The molecule has 0 spiro atoms. The summed E-state index contributed by atoms with van der Waals surface area (Å²) in [5.41, 5.74) is 2.20. The fourth-order valence-electron chi connectivity index (χ4n) is 2.06. The maximum absolute atomic E-state index is 4.56. The van der Waals surface area contributed by atoms with Crippen molar-refractivity contribution in [3.8, 4) is 0 Å². The summed E-state index contributed by atoms with van der Waals surface area (Å²) in [5.74, 6) is 0.757. The number of hydrogen-bond donors (Lipinski definition) is 2. The van der Waals surface area contributed by atoms with Crippen LogP contribution in [0.5, 0.6) is 0 Å². The van der Waals surface area contributed by atoms with Crippen LogP contribution in [0.15, 0.2) is 39.1 Å². The number of guanidine groups is 1. The molecule has 0 radical (unpaired) electrons. The normalized spacial score (nSPS) is 12.3. The molecule has 1 atom stereocenters. The van der Waals surface area contributed by atoms with Crippen LogP contribution < -0.4 is 15.5 Å². The monoisotopic (exact) mass is 523 g/mol. The van der Waals surface area contributed by atoms with Crippen molar-refractivity contribution in [2.24, 2.45) is 4.99 Å². The van der Waals surface area contributed by atoms with Gasteiger partial charge in [0.15, 0.2) is 11.1 Å². The molecule has 0 saturated carbocycles. The number of hydrogen-bond acceptors (Lipinski definition) is 4. The molecular formula is C16H23BrIN5S. The molecule has 1 unspecified atom stereocenters. The maximum atomic E-state index is 4.56. The van der Waals surface area contributed by atoms with Gasteiger partial charge in [0.1, 0.15) is 0 Å². The van der Waals surface area contributed by atoms with Crippen molar-refractivity contribution < 1.29 is 0 Å². The summed E-state index contributed by atoms with van der Waals surface area (Å²) in [6.45, 7) is 2.76. The van der Waals surface area contributed by atoms with Crippen LogP contribution in [0.3, 0.4) is 0 Å². The first kappa shape index (κ1) is 21.2. The Morgan fingerprint density at radius 3 is 2.67 bits per heavy atom. The topological polar surface area (TPSA) is 52.6 Å². The lowest BCUT2D eigenvalue weighted by Crippen LogP contribution is -2.38. The van der Waals surface area contributed by atoms with Crippen molar-refractivity contribution in [3.05, 3.63) is 45.4 Å². The third kappa shape index (κ3) is 5.89. The van der Waals surface area contributed by atoms with Gasteiger partial charge < -0.3 is 15.5 Å². The molecule has 1 heterocycles. The average molecular weight is 524 g/mol. The molecule has 0 fully saturated rings. The van der Waals surface area contributed by atoms with E-state index < -0.39 is 0 Å². The molecule has 2 N–H and O–H groups in total. The van der Waals surface area contributed by atoms with Gasteiger partial charge in [-0.3, -0.25) is 4.99 Å². The third-order valence-corrected chi connectivity index (χ3v) is 5.09. The van der Waals surface area contributed by atoms with Crippen molar-refractivity contribution in [1.29, 1.82) is 0 Å². The van der Waals surface area contributed by atoms with Crippen LogP contribution in [0.1, 0.15) is 24.2 Å². The van der Waals surface area contributed by atoms with Crippen molar-refractivity contribution in [2.45, 2.75) is 19.5 Å². The first-order valence-corrected chi connectivity index (χ1v) is 9.02. The fraction of sp³-hybridized carbons (Fsp3) is 0.375. The molecular weight excluding hydrogens is 501 g/mol. The second kappa shape index (κ2) is 10.2. The Morgan fingerprint density at radius 2 is 2.08 bits per heavy atom. The van der Waals surface area contributed by atoms with Crippen LogP contribution in [0.4, 0.5) is 5.13 Å². The minimum absolute atomic E-state index is 0. The van der Waals surface area contributed by atoms with Crippen LogP contribution in [0.25, 0.3) is 0 Å². The summed E-state index contributed by atoms with van der Waals surface area (Å²) in [6, 6.07) is 8.33. The summed E-state index contributed by atoms with van der Waals surface area (Å²) in [4.78, 5) is 10.9. The second-order valence-corrected chi connectivity index (χ2v) is 7.02. The summed E-state index contributed by atoms with van der Waals surface area (Å²) in [7, 11) is 5.76. The first-order valence-electron chi connectivity index (χ1n) is 7.34. The zero-order valence-electron chi connectivity index (χ0n) is 14.2. The number of benzene rings is 1. The van der Waals surface area contributed by atoms with E-state index in [9.17, 15) is 0 Å². The smallest absolute Gasteiger partial charge is 0.191 e. The molecule has 24 heavy (non-hydrogen) atoms. The van der Waals surface area contributed by atoms with E-state index in [4.69, 9.17) is 0 Å². The number of nitrogens with one attached hydrogen (secondary N) is 2. The van der Waals surface area contributed by atoms with Gasteiger partial charge in [0.05, 0.1) is 18.3 Å². The lowest BCUT2D eigenvalue weighted by atomic mass is 10.1. The quantitative estimate of drug-likeness (QED) is 0.353. The Morgan fingerprint density at radius 1 is 1.38 bits per heavy atom. The first-order chi connectivity index (χ1) is 11.0. The van der Waals surface area contributed by atoms with Gasteiger partial charge in [-0.15, -0.1) is 35.3 Å². The summed E-state index contributed by atoms with van der Waals surface area (Å²) in [6.07, 6.45) is 0. The highest BCUT2D eigenvalue weighted by molar-refractivity contribution is 14.0. The van der Waals surface area contributed by atoms with E-state index >= 15 is 0 Å². The molecule has 1 aromatic heterocycles. The molecule has 8 heteroatoms. The van der Waals surface area contributed by atoms with Crippen LogP contribution in [0, 0.1) is 0 Å². The average Bonchev–Trinajstić information content (AvgIpc) is 3.00. The molecule has 0 bridgehead atoms. The summed E-state index contributed by atoms with van der Waals surface area (Å²) < 4.78 is 1.09. The molecule has 132 valence electrons. The molecule has 0 aliphatic carbocycles. The Labute approximate surface area is 173 Å². The van der Waals surface area contributed by atoms with Gasteiger partial charge in [-0.2, -0.15) is 0 Å². The van der Waals surface area contributed by atoms with Crippen molar-refractivity contribution in [3.63, 3.8) is 0 Å². The van der Waals surface area contributed by atoms with E-state index in [0.29, 0.717) is 6.54 Å². The van der Waals surface area contributed by atoms with E-state index in [2.05, 4.69) is 54.9 Å². The molecule has 0 saturated heterocycles. The minimum Gasteiger partial charge on any atom is -0.354 e. The van der Waals surface area contributed by atoms with Gasteiger partial charge in [0.2, 0.25) is 0 Å². The number of nitrogens with zero attached hydrogens (tertiary/aromatic N) is 3. The van der Waals surface area contributed by atoms with Crippen LogP contribution in [-0.2, 0) is 6.54 Å². The molecule has 1 aromatic carbocycles. The number of halogens is 2. The molecule has 5 nitrogen and oxygen atoms in total. The third-order valence-electron chi connectivity index (χ3n) is 3.31. The van der Waals surface area contributed by atoms with E-state index in [-0.39, 0.29) is 30.0 Å². The fourth-order valence-corrected chi connectivity index (χ4v) is 3.45. The van der Waals surface area contributed by atoms with E-state index in [0.717, 1.165) is 21.3 Å². The van der Waals surface area contributed by atoms with Crippen molar-refractivity contribution in [2.75, 3.05) is 26.0 Å². The van der Waals surface area contributed by atoms with Crippen molar-refractivity contribution in [1.82, 2.24) is 15.6 Å². The largest absolute Gasteiger partial charge is 0.354 e. The maximum Gasteiger partial charge on any atom is 0.191 e. The standard InChI is InChI=1S/C16H22BrN5S.HI/c1-11(13-7-5-6-8-14(13)17)20-15(18-2)19-9-12-10-23-16(21-12)22(3)4;/h5-8,10-11H,9H2,1-4H3,(H2,18,19,20);1H. The van der Waals surface area contributed by atoms with Gasteiger partial charge in [0, 0.05) is 31.0 Å². The van der Waals surface area contributed by atoms with E-state index in [1.807, 2.05) is 37.2 Å². The SMILES string of the molecule is CN=C(NCc1csc(N(C)C)n1)NC(C)c1ccccc1Br.I. The van der Waals surface area contributed by atoms with Gasteiger partial charge >= 0.3 is 0 Å². The number of thiazole rings is 1.